The highest BCUT2D eigenvalue weighted by molar-refractivity contribution is 5.94. The Labute approximate surface area is 148 Å². The molecular formula is C17H24ClN3O3. The lowest BCUT2D eigenvalue weighted by atomic mass is 9.96. The van der Waals surface area contributed by atoms with Crippen molar-refractivity contribution in [3.8, 4) is 5.75 Å². The van der Waals surface area contributed by atoms with E-state index >= 15 is 0 Å². The summed E-state index contributed by atoms with van der Waals surface area (Å²) < 4.78 is 5.11. The summed E-state index contributed by atoms with van der Waals surface area (Å²) in [4.78, 5) is 26.5. The number of nitrogen functional groups attached to an aromatic ring is 1. The van der Waals surface area contributed by atoms with Crippen LogP contribution in [0.4, 0.5) is 11.4 Å². The van der Waals surface area contributed by atoms with Crippen molar-refractivity contribution in [2.75, 3.05) is 31.2 Å². The SMILES string of the molecule is COc1ccc(NC(=O)C2CCCN(C(=O)C3CC3)C2)cc1N.Cl. The zero-order chi connectivity index (χ0) is 16.4. The number of nitrogens with two attached hydrogens (primary N) is 1. The van der Waals surface area contributed by atoms with E-state index in [9.17, 15) is 9.59 Å². The maximum Gasteiger partial charge on any atom is 0.229 e. The van der Waals surface area contributed by atoms with Gasteiger partial charge in [0, 0.05) is 24.7 Å². The van der Waals surface area contributed by atoms with Gasteiger partial charge in [0.1, 0.15) is 5.75 Å². The molecule has 1 atom stereocenters. The molecule has 2 fully saturated rings. The molecule has 0 bridgehead atoms. The molecule has 24 heavy (non-hydrogen) atoms. The van der Waals surface area contributed by atoms with E-state index in [1.165, 1.54) is 0 Å². The first-order chi connectivity index (χ1) is 11.1. The quantitative estimate of drug-likeness (QED) is 0.813. The molecule has 0 spiro atoms. The van der Waals surface area contributed by atoms with Crippen LogP contribution >= 0.6 is 12.4 Å². The number of likely N-dealkylation sites (tertiary alicyclic amines) is 1. The highest BCUT2D eigenvalue weighted by atomic mass is 35.5. The summed E-state index contributed by atoms with van der Waals surface area (Å²) in [6.45, 7) is 1.29. The molecule has 3 rings (SSSR count). The Bertz CT molecular complexity index is 619. The summed E-state index contributed by atoms with van der Waals surface area (Å²) in [5, 5.41) is 2.90. The zero-order valence-corrected chi connectivity index (χ0v) is 14.6. The van der Waals surface area contributed by atoms with Crippen LogP contribution in [-0.2, 0) is 9.59 Å². The lowest BCUT2D eigenvalue weighted by molar-refractivity contribution is -0.135. The summed E-state index contributed by atoms with van der Waals surface area (Å²) in [5.74, 6) is 0.800. The molecular weight excluding hydrogens is 330 g/mol. The monoisotopic (exact) mass is 353 g/mol. The second kappa shape index (κ2) is 7.75. The second-order valence-electron chi connectivity index (χ2n) is 6.34. The van der Waals surface area contributed by atoms with Crippen LogP contribution in [0.15, 0.2) is 18.2 Å². The van der Waals surface area contributed by atoms with Crippen LogP contribution in [0.3, 0.4) is 0 Å². The number of nitrogens with one attached hydrogen (secondary N) is 1. The molecule has 1 aliphatic heterocycles. The molecule has 1 heterocycles. The predicted molar refractivity (Wildman–Crippen MR) is 95.3 cm³/mol. The van der Waals surface area contributed by atoms with Crippen molar-refractivity contribution >= 4 is 35.6 Å². The molecule has 3 N–H and O–H groups in total. The van der Waals surface area contributed by atoms with Gasteiger partial charge in [0.25, 0.3) is 0 Å². The molecule has 1 aliphatic carbocycles. The summed E-state index contributed by atoms with van der Waals surface area (Å²) in [5.41, 5.74) is 7.00. The van der Waals surface area contributed by atoms with Crippen LogP contribution in [-0.4, -0.2) is 36.9 Å². The topological polar surface area (TPSA) is 84.7 Å². The van der Waals surface area contributed by atoms with Gasteiger partial charge >= 0.3 is 0 Å². The third-order valence-corrected chi connectivity index (χ3v) is 4.53. The fourth-order valence-electron chi connectivity index (χ4n) is 3.04. The van der Waals surface area contributed by atoms with Crippen molar-refractivity contribution in [1.29, 1.82) is 0 Å². The molecule has 6 nitrogen and oxygen atoms in total. The standard InChI is InChI=1S/C17H23N3O3.ClH/c1-23-15-7-6-13(9-14(15)18)19-16(21)12-3-2-8-20(10-12)17(22)11-4-5-11;/h6-7,9,11-12H,2-5,8,10,18H2,1H3,(H,19,21);1H. The Morgan fingerprint density at radius 3 is 2.62 bits per heavy atom. The van der Waals surface area contributed by atoms with Crippen LogP contribution in [0.1, 0.15) is 25.7 Å². The first-order valence-corrected chi connectivity index (χ1v) is 8.11. The average molecular weight is 354 g/mol. The normalized spacial score (nSPS) is 20.0. The minimum atomic E-state index is -0.158. The van der Waals surface area contributed by atoms with Gasteiger partial charge in [0.2, 0.25) is 11.8 Å². The van der Waals surface area contributed by atoms with Gasteiger partial charge in [-0.15, -0.1) is 12.4 Å². The number of halogens is 1. The number of nitrogens with zero attached hydrogens (tertiary/aromatic N) is 1. The van der Waals surface area contributed by atoms with Gasteiger partial charge in [0.05, 0.1) is 18.7 Å². The third-order valence-electron chi connectivity index (χ3n) is 4.53. The molecule has 0 radical (unpaired) electrons. The van der Waals surface area contributed by atoms with E-state index < -0.39 is 0 Å². The first-order valence-electron chi connectivity index (χ1n) is 8.11. The Hall–Kier alpha value is -1.95. The van der Waals surface area contributed by atoms with Crippen molar-refractivity contribution in [3.63, 3.8) is 0 Å². The number of carbonyl (C=O) groups is 2. The van der Waals surface area contributed by atoms with Crippen LogP contribution < -0.4 is 15.8 Å². The lowest BCUT2D eigenvalue weighted by Gasteiger charge is -2.32. The number of hydrogen-bond donors (Lipinski definition) is 2. The van der Waals surface area contributed by atoms with Crippen molar-refractivity contribution in [1.82, 2.24) is 4.90 Å². The van der Waals surface area contributed by atoms with Gasteiger partial charge in [-0.2, -0.15) is 0 Å². The van der Waals surface area contributed by atoms with Gasteiger partial charge in [0.15, 0.2) is 0 Å². The van der Waals surface area contributed by atoms with E-state index in [2.05, 4.69) is 5.32 Å². The molecule has 132 valence electrons. The Balaban J connectivity index is 0.00000208. The van der Waals surface area contributed by atoms with Gasteiger partial charge in [-0.05, 0) is 43.9 Å². The van der Waals surface area contributed by atoms with Crippen molar-refractivity contribution < 1.29 is 14.3 Å². The lowest BCUT2D eigenvalue weighted by Crippen LogP contribution is -2.44. The van der Waals surface area contributed by atoms with Crippen molar-refractivity contribution in [3.05, 3.63) is 18.2 Å². The summed E-state index contributed by atoms with van der Waals surface area (Å²) >= 11 is 0. The minimum absolute atomic E-state index is 0. The fourth-order valence-corrected chi connectivity index (χ4v) is 3.04. The number of hydrogen-bond acceptors (Lipinski definition) is 4. The molecule has 1 unspecified atom stereocenters. The first kappa shape index (κ1) is 18.4. The molecule has 2 aliphatic rings. The Kier molecular flexibility index (Phi) is 5.94. The smallest absolute Gasteiger partial charge is 0.229 e. The molecule has 2 amide bonds. The molecule has 1 aromatic carbocycles. The number of methoxy groups -OCH3 is 1. The van der Waals surface area contributed by atoms with Gasteiger partial charge in [-0.3, -0.25) is 9.59 Å². The number of piperidine rings is 1. The number of carbonyl (C=O) groups excluding carboxylic acids is 2. The Morgan fingerprint density at radius 1 is 1.25 bits per heavy atom. The van der Waals surface area contributed by atoms with E-state index in [1.807, 2.05) is 4.90 Å². The van der Waals surface area contributed by atoms with Crippen LogP contribution in [0, 0.1) is 11.8 Å². The molecule has 0 aromatic heterocycles. The Morgan fingerprint density at radius 2 is 2.00 bits per heavy atom. The molecule has 1 aromatic rings. The van der Waals surface area contributed by atoms with Crippen LogP contribution in [0.5, 0.6) is 5.75 Å². The average Bonchev–Trinajstić information content (AvgIpc) is 3.39. The van der Waals surface area contributed by atoms with Gasteiger partial charge < -0.3 is 20.7 Å². The summed E-state index contributed by atoms with van der Waals surface area (Å²) in [7, 11) is 1.55. The molecule has 1 saturated carbocycles. The summed E-state index contributed by atoms with van der Waals surface area (Å²) in [6, 6.07) is 5.18. The van der Waals surface area contributed by atoms with Crippen molar-refractivity contribution in [2.24, 2.45) is 11.8 Å². The summed E-state index contributed by atoms with van der Waals surface area (Å²) in [6.07, 6.45) is 3.68. The predicted octanol–water partition coefficient (Wildman–Crippen LogP) is 2.29. The number of amides is 2. The van der Waals surface area contributed by atoms with Gasteiger partial charge in [-0.1, -0.05) is 0 Å². The van der Waals surface area contributed by atoms with Crippen LogP contribution in [0.2, 0.25) is 0 Å². The molecule has 1 saturated heterocycles. The van der Waals surface area contributed by atoms with Crippen LogP contribution in [0.25, 0.3) is 0 Å². The number of rotatable bonds is 4. The number of anilines is 2. The minimum Gasteiger partial charge on any atom is -0.495 e. The van der Waals surface area contributed by atoms with E-state index in [4.69, 9.17) is 10.5 Å². The number of ether oxygens (including phenoxy) is 1. The van der Waals surface area contributed by atoms with E-state index in [1.54, 1.807) is 25.3 Å². The largest absolute Gasteiger partial charge is 0.495 e. The number of benzene rings is 1. The maximum absolute atomic E-state index is 12.5. The maximum atomic E-state index is 12.5. The van der Waals surface area contributed by atoms with Gasteiger partial charge in [-0.25, -0.2) is 0 Å². The highest BCUT2D eigenvalue weighted by Gasteiger charge is 2.36. The molecule has 7 heteroatoms. The zero-order valence-electron chi connectivity index (χ0n) is 13.8. The van der Waals surface area contributed by atoms with E-state index in [0.717, 1.165) is 32.2 Å². The van der Waals surface area contributed by atoms with Crippen molar-refractivity contribution in [2.45, 2.75) is 25.7 Å². The third kappa shape index (κ3) is 4.12. The fraction of sp³-hybridized carbons (Fsp3) is 0.529. The van der Waals surface area contributed by atoms with E-state index in [0.29, 0.717) is 23.7 Å². The highest BCUT2D eigenvalue weighted by Crippen LogP contribution is 2.33. The second-order valence-corrected chi connectivity index (χ2v) is 6.34. The van der Waals surface area contributed by atoms with E-state index in [-0.39, 0.29) is 36.1 Å².